The predicted molar refractivity (Wildman–Crippen MR) is 68.8 cm³/mol. The number of nitrogens with zero attached hydrogens (tertiary/aromatic N) is 2. The maximum atomic E-state index is 8.73. The molecule has 0 spiro atoms. The summed E-state index contributed by atoms with van der Waals surface area (Å²) in [7, 11) is 3.72. The molecule has 0 N–H and O–H groups in total. The molecule has 1 aliphatic heterocycles. The van der Waals surface area contributed by atoms with Gasteiger partial charge in [-0.1, -0.05) is 6.07 Å². The van der Waals surface area contributed by atoms with Gasteiger partial charge in [-0.25, -0.2) is 0 Å². The molecule has 96 valence electrons. The average molecular weight is 246 g/mol. The number of nitriles is 1. The first-order chi connectivity index (χ1) is 8.72. The van der Waals surface area contributed by atoms with Gasteiger partial charge in [0.1, 0.15) is 6.10 Å². The first-order valence-corrected chi connectivity index (χ1v) is 6.12. The van der Waals surface area contributed by atoms with E-state index in [1.807, 2.05) is 18.2 Å². The SMILES string of the molecule is COc1ccc(CC#N)cc1OC1CCN(C)C1. The molecule has 0 bridgehead atoms. The molecule has 0 aliphatic carbocycles. The van der Waals surface area contributed by atoms with Crippen molar-refractivity contribution in [1.29, 1.82) is 5.26 Å². The number of likely N-dealkylation sites (tertiary alicyclic amines) is 1. The Labute approximate surface area is 108 Å². The average Bonchev–Trinajstić information content (AvgIpc) is 2.76. The van der Waals surface area contributed by atoms with E-state index in [4.69, 9.17) is 14.7 Å². The van der Waals surface area contributed by atoms with Crippen LogP contribution >= 0.6 is 0 Å². The van der Waals surface area contributed by atoms with E-state index in [1.54, 1.807) is 7.11 Å². The monoisotopic (exact) mass is 246 g/mol. The molecule has 0 amide bonds. The number of ether oxygens (including phenoxy) is 2. The topological polar surface area (TPSA) is 45.5 Å². The van der Waals surface area contributed by atoms with Gasteiger partial charge in [0.25, 0.3) is 0 Å². The van der Waals surface area contributed by atoms with Crippen molar-refractivity contribution < 1.29 is 9.47 Å². The Kier molecular flexibility index (Phi) is 4.06. The zero-order chi connectivity index (χ0) is 13.0. The van der Waals surface area contributed by atoms with Gasteiger partial charge in [-0.2, -0.15) is 5.26 Å². The van der Waals surface area contributed by atoms with Crippen molar-refractivity contribution in [2.24, 2.45) is 0 Å². The van der Waals surface area contributed by atoms with Crippen LogP contribution < -0.4 is 9.47 Å². The Morgan fingerprint density at radius 2 is 2.28 bits per heavy atom. The van der Waals surface area contributed by atoms with Gasteiger partial charge in [-0.15, -0.1) is 0 Å². The van der Waals surface area contributed by atoms with Crippen LogP contribution in [0.25, 0.3) is 0 Å². The van der Waals surface area contributed by atoms with Gasteiger partial charge in [0.05, 0.1) is 19.6 Å². The van der Waals surface area contributed by atoms with E-state index < -0.39 is 0 Å². The van der Waals surface area contributed by atoms with Crippen molar-refractivity contribution >= 4 is 0 Å². The summed E-state index contributed by atoms with van der Waals surface area (Å²) in [4.78, 5) is 2.25. The molecule has 4 nitrogen and oxygen atoms in total. The maximum absolute atomic E-state index is 8.73. The molecule has 18 heavy (non-hydrogen) atoms. The van der Waals surface area contributed by atoms with E-state index in [0.29, 0.717) is 6.42 Å². The quantitative estimate of drug-likeness (QED) is 0.813. The van der Waals surface area contributed by atoms with Crippen LogP contribution in [0.15, 0.2) is 18.2 Å². The second kappa shape index (κ2) is 5.74. The number of likely N-dealkylation sites (N-methyl/N-ethyl adjacent to an activating group) is 1. The van der Waals surface area contributed by atoms with Crippen molar-refractivity contribution in [1.82, 2.24) is 4.90 Å². The van der Waals surface area contributed by atoms with E-state index in [-0.39, 0.29) is 6.10 Å². The Bertz CT molecular complexity index is 454. The van der Waals surface area contributed by atoms with Gasteiger partial charge in [0.15, 0.2) is 11.5 Å². The Morgan fingerprint density at radius 1 is 1.44 bits per heavy atom. The summed E-state index contributed by atoms with van der Waals surface area (Å²) in [5.41, 5.74) is 0.958. The molecule has 1 saturated heterocycles. The van der Waals surface area contributed by atoms with Gasteiger partial charge in [0.2, 0.25) is 0 Å². The number of hydrogen-bond acceptors (Lipinski definition) is 4. The minimum atomic E-state index is 0.209. The van der Waals surface area contributed by atoms with Crippen LogP contribution in [0, 0.1) is 11.3 Å². The van der Waals surface area contributed by atoms with Crippen LogP contribution in [0.3, 0.4) is 0 Å². The highest BCUT2D eigenvalue weighted by atomic mass is 16.5. The summed E-state index contributed by atoms with van der Waals surface area (Å²) in [6.45, 7) is 2.00. The lowest BCUT2D eigenvalue weighted by atomic mass is 10.1. The van der Waals surface area contributed by atoms with Crippen molar-refractivity contribution in [2.45, 2.75) is 18.9 Å². The lowest BCUT2D eigenvalue weighted by molar-refractivity contribution is 0.199. The summed E-state index contributed by atoms with van der Waals surface area (Å²) in [6.07, 6.45) is 1.63. The Balaban J connectivity index is 2.14. The first-order valence-electron chi connectivity index (χ1n) is 6.12. The molecule has 4 heteroatoms. The number of hydrogen-bond donors (Lipinski definition) is 0. The minimum Gasteiger partial charge on any atom is -0.493 e. The van der Waals surface area contributed by atoms with Crippen molar-refractivity contribution in [3.8, 4) is 17.6 Å². The summed E-state index contributed by atoms with van der Waals surface area (Å²) < 4.78 is 11.3. The van der Waals surface area contributed by atoms with Crippen LogP contribution in [0.5, 0.6) is 11.5 Å². The maximum Gasteiger partial charge on any atom is 0.161 e. The Morgan fingerprint density at radius 3 is 2.89 bits per heavy atom. The van der Waals surface area contributed by atoms with Crippen molar-refractivity contribution in [3.05, 3.63) is 23.8 Å². The van der Waals surface area contributed by atoms with Crippen LogP contribution in [-0.2, 0) is 6.42 Å². The molecule has 0 saturated carbocycles. The molecule has 2 rings (SSSR count). The lowest BCUT2D eigenvalue weighted by Gasteiger charge is -2.16. The van der Waals surface area contributed by atoms with E-state index in [2.05, 4.69) is 18.0 Å². The summed E-state index contributed by atoms with van der Waals surface area (Å²) in [5.74, 6) is 1.47. The van der Waals surface area contributed by atoms with E-state index >= 15 is 0 Å². The highest BCUT2D eigenvalue weighted by Gasteiger charge is 2.22. The molecule has 1 aliphatic rings. The second-order valence-electron chi connectivity index (χ2n) is 4.61. The third kappa shape index (κ3) is 2.93. The normalized spacial score (nSPS) is 19.5. The van der Waals surface area contributed by atoms with Crippen LogP contribution in [0.1, 0.15) is 12.0 Å². The van der Waals surface area contributed by atoms with Crippen molar-refractivity contribution in [3.63, 3.8) is 0 Å². The number of rotatable bonds is 4. The molecule has 1 heterocycles. The summed E-state index contributed by atoms with van der Waals surface area (Å²) in [6, 6.07) is 7.81. The number of methoxy groups -OCH3 is 1. The largest absolute Gasteiger partial charge is 0.493 e. The van der Waals surface area contributed by atoms with Gasteiger partial charge in [0, 0.05) is 13.1 Å². The van der Waals surface area contributed by atoms with Gasteiger partial charge in [-0.3, -0.25) is 0 Å². The van der Waals surface area contributed by atoms with E-state index in [0.717, 1.165) is 36.6 Å². The molecule has 1 fully saturated rings. The fraction of sp³-hybridized carbons (Fsp3) is 0.500. The summed E-state index contributed by atoms with van der Waals surface area (Å²) in [5, 5.41) is 8.73. The third-order valence-corrected chi connectivity index (χ3v) is 3.15. The molecule has 1 unspecified atom stereocenters. The Hall–Kier alpha value is -1.73. The third-order valence-electron chi connectivity index (χ3n) is 3.15. The van der Waals surface area contributed by atoms with E-state index in [9.17, 15) is 0 Å². The highest BCUT2D eigenvalue weighted by molar-refractivity contribution is 5.43. The zero-order valence-corrected chi connectivity index (χ0v) is 10.8. The van der Waals surface area contributed by atoms with Crippen molar-refractivity contribution in [2.75, 3.05) is 27.2 Å². The zero-order valence-electron chi connectivity index (χ0n) is 10.8. The van der Waals surface area contributed by atoms with Crippen LogP contribution in [-0.4, -0.2) is 38.3 Å². The molecule has 0 aromatic heterocycles. The minimum absolute atomic E-state index is 0.209. The molecular formula is C14H18N2O2. The predicted octanol–water partition coefficient (Wildman–Crippen LogP) is 1.84. The smallest absolute Gasteiger partial charge is 0.161 e. The van der Waals surface area contributed by atoms with Gasteiger partial charge >= 0.3 is 0 Å². The lowest BCUT2D eigenvalue weighted by Crippen LogP contribution is -2.21. The molecular weight excluding hydrogens is 228 g/mol. The van der Waals surface area contributed by atoms with Crippen LogP contribution in [0.2, 0.25) is 0 Å². The number of benzene rings is 1. The van der Waals surface area contributed by atoms with E-state index in [1.165, 1.54) is 0 Å². The van der Waals surface area contributed by atoms with Crippen LogP contribution in [0.4, 0.5) is 0 Å². The van der Waals surface area contributed by atoms with Gasteiger partial charge < -0.3 is 14.4 Å². The molecule has 1 aromatic rings. The first kappa shape index (κ1) is 12.7. The standard InChI is InChI=1S/C14H18N2O2/c1-16-8-6-12(10-16)18-14-9-11(5-7-15)3-4-13(14)17-2/h3-4,9,12H,5-6,8,10H2,1-2H3. The van der Waals surface area contributed by atoms with Gasteiger partial charge in [-0.05, 0) is 31.2 Å². The highest BCUT2D eigenvalue weighted by Crippen LogP contribution is 2.30. The fourth-order valence-corrected chi connectivity index (χ4v) is 2.18. The molecule has 0 radical (unpaired) electrons. The second-order valence-corrected chi connectivity index (χ2v) is 4.61. The fourth-order valence-electron chi connectivity index (χ4n) is 2.18. The molecule has 1 aromatic carbocycles. The molecule has 1 atom stereocenters. The summed E-state index contributed by atoms with van der Waals surface area (Å²) >= 11 is 0.